The first kappa shape index (κ1) is 18.8. The van der Waals surface area contributed by atoms with Crippen LogP contribution in [0.25, 0.3) is 17.3 Å². The molecule has 0 saturated carbocycles. The van der Waals surface area contributed by atoms with E-state index in [0.717, 1.165) is 18.5 Å². The number of rotatable bonds is 5. The number of hydrogen-bond acceptors (Lipinski definition) is 5. The third-order valence-corrected chi connectivity index (χ3v) is 6.11. The second-order valence-electron chi connectivity index (χ2n) is 7.17. The van der Waals surface area contributed by atoms with E-state index >= 15 is 0 Å². The van der Waals surface area contributed by atoms with E-state index < -0.39 is 0 Å². The fourth-order valence-corrected chi connectivity index (χ4v) is 4.67. The quantitative estimate of drug-likeness (QED) is 0.598. The Morgan fingerprint density at radius 3 is 2.54 bits per heavy atom. The molecule has 146 valence electrons. The number of thioether (sulfide) groups is 1. The highest BCUT2D eigenvalue weighted by molar-refractivity contribution is 7.99. The number of nitrogens with zero attached hydrogens (tertiary/aromatic N) is 4. The molecular formula is C21H24N4O2S. The lowest BCUT2D eigenvalue weighted by molar-refractivity contribution is -0.134. The molecule has 1 fully saturated rings. The molecule has 4 rings (SSSR count). The summed E-state index contributed by atoms with van der Waals surface area (Å²) in [5.41, 5.74) is 0.938. The Labute approximate surface area is 168 Å². The summed E-state index contributed by atoms with van der Waals surface area (Å²) in [6.45, 7) is 4.28. The van der Waals surface area contributed by atoms with Crippen LogP contribution in [0.4, 0.5) is 0 Å². The zero-order valence-electron chi connectivity index (χ0n) is 16.1. The van der Waals surface area contributed by atoms with Crippen molar-refractivity contribution in [2.75, 3.05) is 5.75 Å². The van der Waals surface area contributed by atoms with E-state index in [0.29, 0.717) is 34.6 Å². The van der Waals surface area contributed by atoms with E-state index in [1.165, 1.54) is 18.2 Å². The molecule has 0 N–H and O–H groups in total. The number of amides is 1. The molecule has 2 atom stereocenters. The number of piperidine rings is 1. The van der Waals surface area contributed by atoms with Crippen LogP contribution in [0.1, 0.15) is 33.1 Å². The summed E-state index contributed by atoms with van der Waals surface area (Å²) in [6, 6.07) is 14.2. The molecule has 1 aromatic carbocycles. The van der Waals surface area contributed by atoms with Crippen LogP contribution in [0.5, 0.6) is 0 Å². The van der Waals surface area contributed by atoms with E-state index in [1.807, 2.05) is 51.9 Å². The van der Waals surface area contributed by atoms with Gasteiger partial charge in [0.05, 0.1) is 12.0 Å². The van der Waals surface area contributed by atoms with Gasteiger partial charge in [0.25, 0.3) is 0 Å². The van der Waals surface area contributed by atoms with Crippen molar-refractivity contribution in [3.63, 3.8) is 0 Å². The largest absolute Gasteiger partial charge is 0.461 e. The SMILES string of the molecule is C[C@@H]1CCC[C@@H](C)N1C(=O)CSc1nnc(-c2ccco2)n1-c1ccccc1. The summed E-state index contributed by atoms with van der Waals surface area (Å²) < 4.78 is 7.48. The molecular weight excluding hydrogens is 372 g/mol. The third kappa shape index (κ3) is 3.71. The molecule has 0 radical (unpaired) electrons. The van der Waals surface area contributed by atoms with Crippen molar-refractivity contribution in [2.45, 2.75) is 50.4 Å². The number of likely N-dealkylation sites (tertiary alicyclic amines) is 1. The molecule has 2 aromatic heterocycles. The lowest BCUT2D eigenvalue weighted by Crippen LogP contribution is -2.48. The molecule has 1 aliphatic rings. The average Bonchev–Trinajstić information content (AvgIpc) is 3.36. The molecule has 0 bridgehead atoms. The van der Waals surface area contributed by atoms with Crippen LogP contribution in [0, 0.1) is 0 Å². The summed E-state index contributed by atoms with van der Waals surface area (Å²) in [7, 11) is 0. The van der Waals surface area contributed by atoms with Gasteiger partial charge in [-0.2, -0.15) is 0 Å². The Morgan fingerprint density at radius 1 is 1.11 bits per heavy atom. The Bertz CT molecular complexity index is 913. The molecule has 6 nitrogen and oxygen atoms in total. The first-order valence-corrected chi connectivity index (χ1v) is 10.6. The average molecular weight is 397 g/mol. The summed E-state index contributed by atoms with van der Waals surface area (Å²) in [5, 5.41) is 9.36. The molecule has 0 unspecified atom stereocenters. The highest BCUT2D eigenvalue weighted by Crippen LogP contribution is 2.29. The van der Waals surface area contributed by atoms with Crippen LogP contribution in [-0.2, 0) is 4.79 Å². The van der Waals surface area contributed by atoms with Crippen molar-refractivity contribution in [3.05, 3.63) is 48.7 Å². The van der Waals surface area contributed by atoms with Crippen molar-refractivity contribution in [3.8, 4) is 17.3 Å². The van der Waals surface area contributed by atoms with Crippen LogP contribution in [0.2, 0.25) is 0 Å². The second-order valence-corrected chi connectivity index (χ2v) is 8.12. The number of benzene rings is 1. The number of carbonyl (C=O) groups is 1. The van der Waals surface area contributed by atoms with E-state index in [2.05, 4.69) is 24.0 Å². The van der Waals surface area contributed by atoms with Gasteiger partial charge in [-0.3, -0.25) is 9.36 Å². The van der Waals surface area contributed by atoms with Crippen molar-refractivity contribution in [1.29, 1.82) is 0 Å². The van der Waals surface area contributed by atoms with Crippen molar-refractivity contribution in [1.82, 2.24) is 19.7 Å². The van der Waals surface area contributed by atoms with E-state index in [9.17, 15) is 4.79 Å². The third-order valence-electron chi connectivity index (χ3n) is 5.20. The second kappa shape index (κ2) is 8.22. The lowest BCUT2D eigenvalue weighted by atomic mass is 9.98. The van der Waals surface area contributed by atoms with Gasteiger partial charge in [0.15, 0.2) is 10.9 Å². The standard InChI is InChI=1S/C21H24N4O2S/c1-15-8-6-9-16(2)24(15)19(26)14-28-21-23-22-20(18-12-7-13-27-18)25(21)17-10-4-3-5-11-17/h3-5,7,10-13,15-16H,6,8-9,14H2,1-2H3/t15-,16-/m1/s1. The smallest absolute Gasteiger partial charge is 0.233 e. The van der Waals surface area contributed by atoms with Crippen molar-refractivity contribution in [2.24, 2.45) is 0 Å². The summed E-state index contributed by atoms with van der Waals surface area (Å²) >= 11 is 1.42. The molecule has 28 heavy (non-hydrogen) atoms. The summed E-state index contributed by atoms with van der Waals surface area (Å²) in [5.74, 6) is 1.78. The zero-order chi connectivity index (χ0) is 19.5. The highest BCUT2D eigenvalue weighted by atomic mass is 32.2. The maximum absolute atomic E-state index is 12.9. The van der Waals surface area contributed by atoms with Gasteiger partial charge in [0.2, 0.25) is 11.7 Å². The van der Waals surface area contributed by atoms with Gasteiger partial charge in [-0.25, -0.2) is 0 Å². The predicted octanol–water partition coefficient (Wildman–Crippen LogP) is 4.41. The number of hydrogen-bond donors (Lipinski definition) is 0. The van der Waals surface area contributed by atoms with Gasteiger partial charge < -0.3 is 9.32 Å². The number of furan rings is 1. The van der Waals surface area contributed by atoms with Gasteiger partial charge in [0, 0.05) is 17.8 Å². The fraction of sp³-hybridized carbons (Fsp3) is 0.381. The van der Waals surface area contributed by atoms with Crippen molar-refractivity contribution < 1.29 is 9.21 Å². The minimum Gasteiger partial charge on any atom is -0.461 e. The maximum Gasteiger partial charge on any atom is 0.233 e. The molecule has 0 spiro atoms. The van der Waals surface area contributed by atoms with E-state index in [4.69, 9.17) is 4.42 Å². The van der Waals surface area contributed by atoms with Crippen LogP contribution in [0.15, 0.2) is 58.3 Å². The van der Waals surface area contributed by atoms with E-state index in [-0.39, 0.29) is 5.91 Å². The number of para-hydroxylation sites is 1. The topological polar surface area (TPSA) is 64.2 Å². The minimum atomic E-state index is 0.159. The Hall–Kier alpha value is -2.54. The van der Waals surface area contributed by atoms with E-state index in [1.54, 1.807) is 6.26 Å². The van der Waals surface area contributed by atoms with Gasteiger partial charge in [0.1, 0.15) is 0 Å². The molecule has 7 heteroatoms. The van der Waals surface area contributed by atoms with Crippen LogP contribution in [0.3, 0.4) is 0 Å². The molecule has 1 saturated heterocycles. The molecule has 3 heterocycles. The summed E-state index contributed by atoms with van der Waals surface area (Å²) in [4.78, 5) is 14.9. The van der Waals surface area contributed by atoms with Crippen LogP contribution < -0.4 is 0 Å². The normalized spacial score (nSPS) is 19.7. The molecule has 1 amide bonds. The summed E-state index contributed by atoms with van der Waals surface area (Å²) in [6.07, 6.45) is 4.95. The maximum atomic E-state index is 12.9. The first-order chi connectivity index (χ1) is 13.6. The molecule has 0 aliphatic carbocycles. The van der Waals surface area contributed by atoms with Crippen LogP contribution in [-0.4, -0.2) is 43.4 Å². The van der Waals surface area contributed by atoms with Gasteiger partial charge in [-0.1, -0.05) is 30.0 Å². The number of carbonyl (C=O) groups excluding carboxylic acids is 1. The van der Waals surface area contributed by atoms with Crippen molar-refractivity contribution >= 4 is 17.7 Å². The fourth-order valence-electron chi connectivity index (χ4n) is 3.85. The predicted molar refractivity (Wildman–Crippen MR) is 109 cm³/mol. The Balaban J connectivity index is 1.59. The highest BCUT2D eigenvalue weighted by Gasteiger charge is 2.29. The lowest BCUT2D eigenvalue weighted by Gasteiger charge is -2.39. The number of aromatic nitrogens is 3. The first-order valence-electron chi connectivity index (χ1n) is 9.64. The molecule has 3 aromatic rings. The molecule has 1 aliphatic heterocycles. The minimum absolute atomic E-state index is 0.159. The zero-order valence-corrected chi connectivity index (χ0v) is 16.9. The Morgan fingerprint density at radius 2 is 1.86 bits per heavy atom. The van der Waals surface area contributed by atoms with Gasteiger partial charge in [-0.15, -0.1) is 10.2 Å². The van der Waals surface area contributed by atoms with Crippen LogP contribution >= 0.6 is 11.8 Å². The Kier molecular flexibility index (Phi) is 5.52. The van der Waals surface area contributed by atoms with Gasteiger partial charge in [-0.05, 0) is 57.4 Å². The monoisotopic (exact) mass is 396 g/mol. The van der Waals surface area contributed by atoms with Gasteiger partial charge >= 0.3 is 0 Å².